The second-order valence-electron chi connectivity index (χ2n) is 14.6. The first kappa shape index (κ1) is 37.0. The predicted octanol–water partition coefficient (Wildman–Crippen LogP) is 4.52. The van der Waals surface area contributed by atoms with Crippen LogP contribution < -0.4 is 20.3 Å². The van der Waals surface area contributed by atoms with E-state index in [1.54, 1.807) is 18.0 Å². The molecule has 0 spiro atoms. The molecular weight excluding hydrogens is 657 g/mol. The summed E-state index contributed by atoms with van der Waals surface area (Å²) in [5, 5.41) is 25.8. The van der Waals surface area contributed by atoms with Gasteiger partial charge < -0.3 is 29.9 Å². The number of nitrogens with one attached hydrogen (secondary N) is 3. The number of thiophene rings is 1. The van der Waals surface area contributed by atoms with Crippen molar-refractivity contribution in [2.75, 3.05) is 50.5 Å². The van der Waals surface area contributed by atoms with Crippen LogP contribution in [0.3, 0.4) is 0 Å². The lowest BCUT2D eigenvalue weighted by molar-refractivity contribution is -0.125. The zero-order chi connectivity index (χ0) is 36.4. The van der Waals surface area contributed by atoms with Crippen LogP contribution in [0.15, 0.2) is 11.1 Å². The lowest BCUT2D eigenvalue weighted by atomic mass is 9.72. The van der Waals surface area contributed by atoms with E-state index in [2.05, 4.69) is 38.6 Å². The van der Waals surface area contributed by atoms with E-state index in [4.69, 9.17) is 19.9 Å². The normalized spacial score (nSPS) is 23.3. The zero-order valence-electron chi connectivity index (χ0n) is 30.4. The molecule has 3 N–H and O–H groups in total. The fraction of sp³-hybridized carbons (Fsp3) is 0.629. The number of aromatic nitrogens is 2. The van der Waals surface area contributed by atoms with E-state index in [0.717, 1.165) is 37.1 Å². The van der Waals surface area contributed by atoms with Gasteiger partial charge in [-0.25, -0.2) is 4.79 Å². The Morgan fingerprint density at radius 2 is 2.02 bits per heavy atom. The number of hydrogen-bond acceptors (Lipinski definition) is 12. The van der Waals surface area contributed by atoms with Crippen LogP contribution in [0.25, 0.3) is 0 Å². The van der Waals surface area contributed by atoms with Crippen molar-refractivity contribution in [3.8, 4) is 12.1 Å². The van der Waals surface area contributed by atoms with Crippen LogP contribution in [0.1, 0.15) is 88.9 Å². The number of ether oxygens (including phenoxy) is 2. The van der Waals surface area contributed by atoms with Crippen molar-refractivity contribution in [3.63, 3.8) is 0 Å². The number of amidine groups is 1. The summed E-state index contributed by atoms with van der Waals surface area (Å²) >= 11 is 1.46. The fourth-order valence-corrected chi connectivity index (χ4v) is 8.41. The number of amides is 2. The number of rotatable bonds is 8. The van der Waals surface area contributed by atoms with Gasteiger partial charge in [-0.05, 0) is 87.2 Å². The first-order valence-electron chi connectivity index (χ1n) is 17.3. The Morgan fingerprint density at radius 3 is 2.66 bits per heavy atom. The first-order valence-corrected chi connectivity index (χ1v) is 18.1. The van der Waals surface area contributed by atoms with Gasteiger partial charge >= 0.3 is 12.1 Å². The van der Waals surface area contributed by atoms with Crippen molar-refractivity contribution < 1.29 is 19.1 Å². The van der Waals surface area contributed by atoms with Gasteiger partial charge in [-0.2, -0.15) is 15.2 Å². The van der Waals surface area contributed by atoms with E-state index >= 15 is 0 Å². The summed E-state index contributed by atoms with van der Waals surface area (Å²) in [5.74, 6) is -0.0273. The molecule has 0 saturated carbocycles. The molecule has 2 amide bonds. The van der Waals surface area contributed by atoms with Gasteiger partial charge in [-0.15, -0.1) is 11.3 Å². The highest BCUT2D eigenvalue weighted by Gasteiger charge is 2.44. The minimum absolute atomic E-state index is 0.121. The number of likely N-dealkylation sites (tertiary alicyclic amines) is 1. The third-order valence-corrected chi connectivity index (χ3v) is 10.9. The molecule has 1 aliphatic carbocycles. The molecule has 2 saturated heterocycles. The average molecular weight is 707 g/mol. The Kier molecular flexibility index (Phi) is 11.0. The van der Waals surface area contributed by atoms with Crippen LogP contribution in [-0.4, -0.2) is 108 Å². The maximum absolute atomic E-state index is 14.1. The Balaban J connectivity index is 1.42. The van der Waals surface area contributed by atoms with E-state index in [1.165, 1.54) is 17.7 Å². The molecule has 3 aliphatic rings. The Morgan fingerprint density at radius 1 is 1.26 bits per heavy atom. The largest absolute Gasteiger partial charge is 0.459 e. The molecule has 4 heterocycles. The molecule has 2 fully saturated rings. The Bertz CT molecular complexity index is 1680. The van der Waals surface area contributed by atoms with Crippen molar-refractivity contribution in [1.29, 1.82) is 10.7 Å². The molecule has 2 aliphatic heterocycles. The summed E-state index contributed by atoms with van der Waals surface area (Å²) in [7, 11) is 3.72. The lowest BCUT2D eigenvalue weighted by Gasteiger charge is -2.40. The third kappa shape index (κ3) is 7.86. The number of likely N-dealkylation sites (N-methyl/N-ethyl adjacent to an activating group) is 1. The van der Waals surface area contributed by atoms with Gasteiger partial charge in [0, 0.05) is 55.3 Å². The van der Waals surface area contributed by atoms with Crippen molar-refractivity contribution in [3.05, 3.63) is 27.8 Å². The van der Waals surface area contributed by atoms with Crippen molar-refractivity contribution in [1.82, 2.24) is 25.1 Å². The SMILES string of the molecule is CN=CNc1sc2c(c1C#N)[C@@](C)(C(=O)NC(=N)c1cc(N3CCN(C(=O)OC(C)(C)C)[C@H](C)C3)nc(O[C@@H](C)[C@@H]3CCCN3C)n1)CCC2. The summed E-state index contributed by atoms with van der Waals surface area (Å²) in [6.45, 7) is 13.7. The minimum atomic E-state index is -1.03. The van der Waals surface area contributed by atoms with Gasteiger partial charge in [-0.1, -0.05) is 0 Å². The molecule has 14 nitrogen and oxygen atoms in total. The maximum atomic E-state index is 14.1. The van der Waals surface area contributed by atoms with Gasteiger partial charge in [0.1, 0.15) is 34.3 Å². The minimum Gasteiger partial charge on any atom is -0.459 e. The molecule has 2 aromatic heterocycles. The number of carbonyl (C=O) groups is 2. The van der Waals surface area contributed by atoms with Gasteiger partial charge in [0.15, 0.2) is 5.84 Å². The number of piperazine rings is 1. The highest BCUT2D eigenvalue weighted by atomic mass is 32.1. The number of anilines is 2. The summed E-state index contributed by atoms with van der Waals surface area (Å²) < 4.78 is 12.0. The predicted molar refractivity (Wildman–Crippen MR) is 195 cm³/mol. The standard InChI is InChI=1S/C35H50N10O4S/c1-21-19-44(15-16-45(21)33(47)49-34(3,4)5)27-17-24(40-32(41-27)48-22(2)25-11-10-14-43(25)8)29(37)42-31(46)35(6)13-9-12-26-28(35)23(18-36)30(50-26)39-20-38-7/h17,20-22,25H,9-16,19H2,1-8H3,(H,38,39)(H2,37,42,46)/t21-,22+,25+,35+/m1/s1. The quantitative estimate of drug-likeness (QED) is 0.262. The maximum Gasteiger partial charge on any atom is 0.410 e. The fourth-order valence-electron chi connectivity index (χ4n) is 7.13. The molecule has 0 radical (unpaired) electrons. The molecule has 0 bridgehead atoms. The van der Waals surface area contributed by atoms with Crippen molar-refractivity contribution in [2.45, 2.75) is 103 Å². The number of aliphatic imine (C=N–C) groups is 1. The number of carbonyl (C=O) groups excluding carboxylic acids is 2. The molecule has 0 aromatic carbocycles. The summed E-state index contributed by atoms with van der Waals surface area (Å²) in [5.41, 5.74) is -0.295. The van der Waals surface area contributed by atoms with Crippen molar-refractivity contribution in [2.24, 2.45) is 4.99 Å². The van der Waals surface area contributed by atoms with E-state index in [9.17, 15) is 14.9 Å². The topological polar surface area (TPSA) is 172 Å². The molecule has 50 heavy (non-hydrogen) atoms. The van der Waals surface area contributed by atoms with Crippen molar-refractivity contribution >= 4 is 46.3 Å². The number of nitrogens with zero attached hydrogens (tertiary/aromatic N) is 7. The highest BCUT2D eigenvalue weighted by molar-refractivity contribution is 7.16. The Hall–Kier alpha value is -4.29. The monoisotopic (exact) mass is 706 g/mol. The van der Waals surface area contributed by atoms with Gasteiger partial charge in [0.2, 0.25) is 5.91 Å². The van der Waals surface area contributed by atoms with Crippen LogP contribution in [-0.2, 0) is 21.4 Å². The molecule has 5 rings (SSSR count). The summed E-state index contributed by atoms with van der Waals surface area (Å²) in [6, 6.07) is 4.14. The molecule has 15 heteroatoms. The van der Waals surface area contributed by atoms with Crippen LogP contribution in [0.2, 0.25) is 0 Å². The summed E-state index contributed by atoms with van der Waals surface area (Å²) in [6.07, 6.45) is 5.11. The molecular formula is C35H50N10O4S. The van der Waals surface area contributed by atoms with Crippen LogP contribution in [0.4, 0.5) is 15.6 Å². The highest BCUT2D eigenvalue weighted by Crippen LogP contribution is 2.46. The van der Waals surface area contributed by atoms with Gasteiger partial charge in [0.05, 0.1) is 17.3 Å². The number of aryl methyl sites for hydroxylation is 1. The second-order valence-corrected chi connectivity index (χ2v) is 15.7. The Labute approximate surface area is 298 Å². The van der Waals surface area contributed by atoms with Gasteiger partial charge in [0.25, 0.3) is 0 Å². The van der Waals surface area contributed by atoms with E-state index in [0.29, 0.717) is 48.0 Å². The van der Waals surface area contributed by atoms with Crippen LogP contribution in [0.5, 0.6) is 6.01 Å². The van der Waals surface area contributed by atoms with E-state index in [1.807, 2.05) is 46.4 Å². The molecule has 0 unspecified atom stereocenters. The van der Waals surface area contributed by atoms with E-state index in [-0.39, 0.29) is 47.7 Å². The number of fused-ring (bicyclic) bond motifs is 1. The number of hydrogen-bond donors (Lipinski definition) is 3. The van der Waals surface area contributed by atoms with E-state index < -0.39 is 11.0 Å². The average Bonchev–Trinajstić information content (AvgIpc) is 3.66. The molecule has 270 valence electrons. The third-order valence-electron chi connectivity index (χ3n) is 9.73. The second kappa shape index (κ2) is 14.9. The van der Waals surface area contributed by atoms with Crippen LogP contribution >= 0.6 is 11.3 Å². The van der Waals surface area contributed by atoms with Gasteiger partial charge in [-0.3, -0.25) is 20.1 Å². The smallest absolute Gasteiger partial charge is 0.410 e. The summed E-state index contributed by atoms with van der Waals surface area (Å²) in [4.78, 5) is 47.4. The zero-order valence-corrected chi connectivity index (χ0v) is 31.2. The first-order chi connectivity index (χ1) is 23.6. The molecule has 2 aromatic rings. The lowest BCUT2D eigenvalue weighted by Crippen LogP contribution is -2.55. The van der Waals surface area contributed by atoms with Crippen LogP contribution in [0, 0.1) is 16.7 Å². The number of nitriles is 1. The molecule has 4 atom stereocenters.